The lowest BCUT2D eigenvalue weighted by Gasteiger charge is -2.44. The highest BCUT2D eigenvalue weighted by Crippen LogP contribution is 2.31. The van der Waals surface area contributed by atoms with E-state index in [2.05, 4.69) is 4.72 Å². The first kappa shape index (κ1) is 21.0. The smallest absolute Gasteiger partial charge is 0.275 e. The predicted octanol–water partition coefficient (Wildman–Crippen LogP) is 1.48. The zero-order valence-electron chi connectivity index (χ0n) is 17.2. The van der Waals surface area contributed by atoms with E-state index in [9.17, 15) is 13.2 Å². The highest BCUT2D eigenvalue weighted by molar-refractivity contribution is 7.92. The van der Waals surface area contributed by atoms with Gasteiger partial charge in [-0.2, -0.15) is 0 Å². The molecule has 2 bridgehead atoms. The molecular formula is C22H27ClN3O4S+. The molecule has 2 N–H and O–H groups in total. The Morgan fingerprint density at radius 1 is 1.06 bits per heavy atom. The summed E-state index contributed by atoms with van der Waals surface area (Å²) in [6, 6.07) is 10.1. The summed E-state index contributed by atoms with van der Waals surface area (Å²) in [6.45, 7) is 4.42. The van der Waals surface area contributed by atoms with E-state index in [1.54, 1.807) is 15.5 Å². The van der Waals surface area contributed by atoms with E-state index in [1.165, 1.54) is 24.3 Å². The van der Waals surface area contributed by atoms with E-state index in [-0.39, 0.29) is 16.1 Å². The molecule has 9 heteroatoms. The van der Waals surface area contributed by atoms with Crippen molar-refractivity contribution in [1.82, 2.24) is 4.57 Å². The van der Waals surface area contributed by atoms with E-state index < -0.39 is 10.0 Å². The quantitative estimate of drug-likeness (QED) is 0.718. The maximum atomic E-state index is 13.2. The third-order valence-electron chi connectivity index (χ3n) is 6.91. The minimum absolute atomic E-state index is 0.0755. The van der Waals surface area contributed by atoms with E-state index in [4.69, 9.17) is 16.3 Å². The molecule has 1 aromatic carbocycles. The normalized spacial score (nSPS) is 26.3. The van der Waals surface area contributed by atoms with Crippen LogP contribution in [0.25, 0.3) is 0 Å². The van der Waals surface area contributed by atoms with Gasteiger partial charge in [0.05, 0.1) is 37.2 Å². The summed E-state index contributed by atoms with van der Waals surface area (Å²) in [7, 11) is -3.86. The maximum absolute atomic E-state index is 13.2. The summed E-state index contributed by atoms with van der Waals surface area (Å²) >= 11 is 5.86. The van der Waals surface area contributed by atoms with Gasteiger partial charge < -0.3 is 14.2 Å². The molecule has 1 aromatic heterocycles. The fourth-order valence-corrected chi connectivity index (χ4v) is 6.62. The number of aromatic nitrogens is 1. The number of anilines is 1. The van der Waals surface area contributed by atoms with Gasteiger partial charge in [0.25, 0.3) is 15.6 Å². The number of fused-ring (bicyclic) bond motifs is 4. The molecule has 0 aliphatic carbocycles. The first-order valence-corrected chi connectivity index (χ1v) is 12.7. The zero-order chi connectivity index (χ0) is 21.6. The predicted molar refractivity (Wildman–Crippen MR) is 118 cm³/mol. The molecular weight excluding hydrogens is 438 g/mol. The number of quaternary nitrogens is 1. The van der Waals surface area contributed by atoms with Gasteiger partial charge >= 0.3 is 0 Å². The summed E-state index contributed by atoms with van der Waals surface area (Å²) < 4.78 is 35.3. The Morgan fingerprint density at radius 2 is 1.81 bits per heavy atom. The Morgan fingerprint density at radius 3 is 2.55 bits per heavy atom. The number of nitrogens with zero attached hydrogens (tertiary/aromatic N) is 1. The second kappa shape index (κ2) is 8.24. The molecule has 3 aliphatic heterocycles. The Balaban J connectivity index is 1.39. The average molecular weight is 465 g/mol. The third-order valence-corrected chi connectivity index (χ3v) is 8.54. The van der Waals surface area contributed by atoms with Gasteiger partial charge in [-0.25, -0.2) is 8.42 Å². The van der Waals surface area contributed by atoms with Crippen LogP contribution < -0.4 is 15.2 Å². The molecule has 3 aliphatic rings. The van der Waals surface area contributed by atoms with Crippen LogP contribution in [0.15, 0.2) is 46.1 Å². The fourth-order valence-electron chi connectivity index (χ4n) is 5.43. The molecule has 166 valence electrons. The Labute approximate surface area is 187 Å². The minimum atomic E-state index is -3.86. The molecule has 0 spiro atoms. The van der Waals surface area contributed by atoms with Gasteiger partial charge in [-0.15, -0.1) is 0 Å². The summed E-state index contributed by atoms with van der Waals surface area (Å²) in [5, 5.41) is 0.455. The second-order valence-electron chi connectivity index (χ2n) is 8.90. The van der Waals surface area contributed by atoms with E-state index in [0.717, 1.165) is 51.3 Å². The van der Waals surface area contributed by atoms with Crippen LogP contribution in [0.4, 0.5) is 5.69 Å². The molecule has 3 atom stereocenters. The number of benzene rings is 1. The Hall–Kier alpha value is -1.87. The molecule has 5 rings (SSSR count). The summed E-state index contributed by atoms with van der Waals surface area (Å²) in [6.07, 6.45) is 3.31. The van der Waals surface area contributed by atoms with Crippen LogP contribution in [0.5, 0.6) is 0 Å². The zero-order valence-corrected chi connectivity index (χ0v) is 18.8. The number of piperidine rings is 1. The van der Waals surface area contributed by atoms with Gasteiger partial charge in [0.2, 0.25) is 0 Å². The molecule has 2 fully saturated rings. The number of halogens is 1. The van der Waals surface area contributed by atoms with Crippen molar-refractivity contribution in [3.8, 4) is 0 Å². The molecule has 0 amide bonds. The lowest BCUT2D eigenvalue weighted by atomic mass is 9.82. The van der Waals surface area contributed by atoms with Crippen molar-refractivity contribution in [3.05, 3.63) is 57.5 Å². The van der Waals surface area contributed by atoms with E-state index >= 15 is 0 Å². The lowest BCUT2D eigenvalue weighted by Crippen LogP contribution is -3.18. The topological polar surface area (TPSA) is 81.8 Å². The SMILES string of the molecule is O=c1c(NS(=O)(=O)c2ccc(Cl)cc2)ccc2n1C[C@H]1C[C@@H]2C[NH+](C2CCOCC2)C1. The molecule has 0 saturated carbocycles. The summed E-state index contributed by atoms with van der Waals surface area (Å²) in [5.41, 5.74) is 0.853. The second-order valence-corrected chi connectivity index (χ2v) is 11.0. The first-order chi connectivity index (χ1) is 14.9. The number of ether oxygens (including phenoxy) is 1. The van der Waals surface area contributed by atoms with E-state index in [1.807, 2.05) is 6.07 Å². The fraction of sp³-hybridized carbons (Fsp3) is 0.500. The molecule has 31 heavy (non-hydrogen) atoms. The van der Waals surface area contributed by atoms with Crippen molar-refractivity contribution in [2.45, 2.75) is 42.7 Å². The minimum Gasteiger partial charge on any atom is -0.381 e. The number of hydrogen-bond donors (Lipinski definition) is 2. The van der Waals surface area contributed by atoms with Crippen LogP contribution in [-0.4, -0.2) is 45.3 Å². The van der Waals surface area contributed by atoms with Crippen LogP contribution >= 0.6 is 11.6 Å². The van der Waals surface area contributed by atoms with Gasteiger partial charge in [-0.3, -0.25) is 9.52 Å². The molecule has 7 nitrogen and oxygen atoms in total. The van der Waals surface area contributed by atoms with Crippen LogP contribution in [0.2, 0.25) is 5.02 Å². The number of sulfonamides is 1. The van der Waals surface area contributed by atoms with E-state index in [0.29, 0.717) is 29.4 Å². The Bertz CT molecular complexity index is 1130. The van der Waals surface area contributed by atoms with Crippen molar-refractivity contribution < 1.29 is 18.1 Å². The van der Waals surface area contributed by atoms with Crippen molar-refractivity contribution in [1.29, 1.82) is 0 Å². The largest absolute Gasteiger partial charge is 0.381 e. The molecule has 0 radical (unpaired) electrons. The summed E-state index contributed by atoms with van der Waals surface area (Å²) in [5.74, 6) is 0.768. The van der Waals surface area contributed by atoms with Gasteiger partial charge in [0, 0.05) is 41.9 Å². The highest BCUT2D eigenvalue weighted by Gasteiger charge is 2.40. The number of nitrogens with one attached hydrogen (secondary N) is 2. The van der Waals surface area contributed by atoms with Crippen LogP contribution in [0.1, 0.15) is 30.9 Å². The van der Waals surface area contributed by atoms with Gasteiger partial charge in [0.15, 0.2) is 0 Å². The van der Waals surface area contributed by atoms with Crippen molar-refractivity contribution in [3.63, 3.8) is 0 Å². The van der Waals surface area contributed by atoms with Gasteiger partial charge in [-0.1, -0.05) is 11.6 Å². The van der Waals surface area contributed by atoms with Gasteiger partial charge in [-0.05, 0) is 42.8 Å². The third kappa shape index (κ3) is 4.14. The molecule has 1 unspecified atom stereocenters. The molecule has 2 aromatic rings. The Kier molecular flexibility index (Phi) is 5.58. The highest BCUT2D eigenvalue weighted by atomic mass is 35.5. The van der Waals surface area contributed by atoms with Gasteiger partial charge in [0.1, 0.15) is 5.69 Å². The van der Waals surface area contributed by atoms with Crippen LogP contribution in [-0.2, 0) is 21.3 Å². The van der Waals surface area contributed by atoms with Crippen molar-refractivity contribution in [2.24, 2.45) is 5.92 Å². The number of hydrogen-bond acceptors (Lipinski definition) is 4. The molecule has 2 saturated heterocycles. The lowest BCUT2D eigenvalue weighted by molar-refractivity contribution is -0.937. The van der Waals surface area contributed by atoms with Crippen molar-refractivity contribution in [2.75, 3.05) is 31.0 Å². The van der Waals surface area contributed by atoms with Crippen LogP contribution in [0, 0.1) is 5.92 Å². The van der Waals surface area contributed by atoms with Crippen molar-refractivity contribution >= 4 is 27.3 Å². The monoisotopic (exact) mass is 464 g/mol. The van der Waals surface area contributed by atoms with Crippen LogP contribution in [0.3, 0.4) is 0 Å². The summed E-state index contributed by atoms with van der Waals surface area (Å²) in [4.78, 5) is 14.9. The number of pyridine rings is 1. The average Bonchev–Trinajstić information content (AvgIpc) is 2.77. The number of rotatable bonds is 4. The molecule has 4 heterocycles. The maximum Gasteiger partial charge on any atom is 0.275 e. The standard InChI is InChI=1S/C22H26ClN3O4S/c23-17-1-3-19(4-2-17)31(28,29)24-20-5-6-21-16-11-15(13-26(21)22(20)27)12-25(14-16)18-7-9-30-10-8-18/h1-6,15-16,18,24H,7-14H2/p+1/t15-,16+/m0/s1. The number of likely N-dealkylation sites (tertiary alicyclic amines) is 1. The first-order valence-electron chi connectivity index (χ1n) is 10.8.